The second kappa shape index (κ2) is 11.4. The number of hydrogen-bond donors (Lipinski definition) is 1. The van der Waals surface area contributed by atoms with Gasteiger partial charge in [-0.05, 0) is 55.0 Å². The van der Waals surface area contributed by atoms with Gasteiger partial charge in [0, 0.05) is 33.1 Å². The van der Waals surface area contributed by atoms with Gasteiger partial charge in [0.25, 0.3) is 11.6 Å². The maximum Gasteiger partial charge on any atom is 0.416 e. The van der Waals surface area contributed by atoms with Crippen LogP contribution in [0.5, 0.6) is 0 Å². The van der Waals surface area contributed by atoms with E-state index in [1.54, 1.807) is 4.57 Å². The maximum absolute atomic E-state index is 12.9. The van der Waals surface area contributed by atoms with Crippen LogP contribution >= 0.6 is 27.7 Å². The standard InChI is InChI=1S/C25H19BrF3N5O3S/c1-15-20(3-2-4-21(15)34(36)37)23(35)30-13-22-31-32-24(33(22)19-11-9-18(26)10-12-19)38-14-16-5-7-17(8-6-16)25(27,28)29/h2-12H,13-14H2,1H3,(H,30,35). The third-order valence-corrected chi connectivity index (χ3v) is 7.12. The number of carbonyl (C=O) groups excluding carboxylic acids is 1. The zero-order chi connectivity index (χ0) is 27.4. The number of nitrogens with one attached hydrogen (secondary N) is 1. The summed E-state index contributed by atoms with van der Waals surface area (Å²) >= 11 is 4.67. The van der Waals surface area contributed by atoms with E-state index < -0.39 is 22.6 Å². The van der Waals surface area contributed by atoms with Gasteiger partial charge in [0.2, 0.25) is 0 Å². The van der Waals surface area contributed by atoms with E-state index in [1.165, 1.54) is 49.0 Å². The van der Waals surface area contributed by atoms with Crippen molar-refractivity contribution in [3.05, 3.63) is 109 Å². The summed E-state index contributed by atoms with van der Waals surface area (Å²) in [6.07, 6.45) is -4.41. The Morgan fingerprint density at radius 2 is 1.76 bits per heavy atom. The fourth-order valence-electron chi connectivity index (χ4n) is 3.62. The van der Waals surface area contributed by atoms with Gasteiger partial charge in [0.05, 0.1) is 17.0 Å². The molecule has 38 heavy (non-hydrogen) atoms. The van der Waals surface area contributed by atoms with Crippen molar-refractivity contribution >= 4 is 39.3 Å². The lowest BCUT2D eigenvalue weighted by Crippen LogP contribution is -2.25. The number of nitrogens with zero attached hydrogens (tertiary/aromatic N) is 4. The van der Waals surface area contributed by atoms with Crippen LogP contribution in [-0.4, -0.2) is 25.6 Å². The molecule has 4 aromatic rings. The van der Waals surface area contributed by atoms with E-state index in [4.69, 9.17) is 0 Å². The Morgan fingerprint density at radius 3 is 2.39 bits per heavy atom. The van der Waals surface area contributed by atoms with Gasteiger partial charge < -0.3 is 5.32 Å². The molecule has 0 aliphatic heterocycles. The van der Waals surface area contributed by atoms with Crippen LogP contribution in [0.25, 0.3) is 5.69 Å². The average Bonchev–Trinajstić information content (AvgIpc) is 3.29. The van der Waals surface area contributed by atoms with E-state index in [1.807, 2.05) is 24.3 Å². The molecule has 196 valence electrons. The molecular formula is C25H19BrF3N5O3S. The molecule has 0 bridgehead atoms. The quantitative estimate of drug-likeness (QED) is 0.140. The summed E-state index contributed by atoms with van der Waals surface area (Å²) < 4.78 is 41.2. The second-order valence-electron chi connectivity index (χ2n) is 8.08. The second-order valence-corrected chi connectivity index (χ2v) is 9.94. The summed E-state index contributed by atoms with van der Waals surface area (Å²) in [6, 6.07) is 16.5. The zero-order valence-electron chi connectivity index (χ0n) is 19.7. The largest absolute Gasteiger partial charge is 0.416 e. The molecule has 1 N–H and O–H groups in total. The Kier molecular flexibility index (Phi) is 8.17. The van der Waals surface area contributed by atoms with Gasteiger partial charge in [0.15, 0.2) is 11.0 Å². The van der Waals surface area contributed by atoms with Crippen LogP contribution in [0, 0.1) is 17.0 Å². The van der Waals surface area contributed by atoms with Crippen molar-refractivity contribution in [3.8, 4) is 5.69 Å². The van der Waals surface area contributed by atoms with Crippen molar-refractivity contribution in [1.29, 1.82) is 0 Å². The van der Waals surface area contributed by atoms with Gasteiger partial charge >= 0.3 is 6.18 Å². The number of halogens is 4. The molecule has 0 spiro atoms. The van der Waals surface area contributed by atoms with Gasteiger partial charge in [0.1, 0.15) is 0 Å². The fourth-order valence-corrected chi connectivity index (χ4v) is 4.81. The number of alkyl halides is 3. The Balaban J connectivity index is 1.56. The molecule has 0 aliphatic rings. The average molecular weight is 606 g/mol. The Hall–Kier alpha value is -3.71. The van der Waals surface area contributed by atoms with Crippen LogP contribution in [0.15, 0.2) is 76.4 Å². The first-order chi connectivity index (χ1) is 18.0. The van der Waals surface area contributed by atoms with E-state index in [-0.39, 0.29) is 23.4 Å². The summed E-state index contributed by atoms with van der Waals surface area (Å²) in [5.41, 5.74) is 0.926. The molecule has 0 saturated carbocycles. The molecule has 8 nitrogen and oxygen atoms in total. The number of aromatic nitrogens is 3. The lowest BCUT2D eigenvalue weighted by molar-refractivity contribution is -0.385. The number of hydrogen-bond acceptors (Lipinski definition) is 6. The minimum Gasteiger partial charge on any atom is -0.345 e. The third-order valence-electron chi connectivity index (χ3n) is 5.59. The highest BCUT2D eigenvalue weighted by molar-refractivity contribution is 9.10. The van der Waals surface area contributed by atoms with Crippen LogP contribution in [0.1, 0.15) is 32.9 Å². The molecular weight excluding hydrogens is 587 g/mol. The van der Waals surface area contributed by atoms with Crippen molar-refractivity contribution < 1.29 is 22.9 Å². The van der Waals surface area contributed by atoms with Gasteiger partial charge in [-0.3, -0.25) is 19.5 Å². The Bertz CT molecular complexity index is 1480. The fraction of sp³-hybridized carbons (Fsp3) is 0.160. The molecule has 3 aromatic carbocycles. The lowest BCUT2D eigenvalue weighted by atomic mass is 10.1. The molecule has 0 radical (unpaired) electrons. The summed E-state index contributed by atoms with van der Waals surface area (Å²) in [5, 5.41) is 22.9. The topological polar surface area (TPSA) is 103 Å². The number of rotatable bonds is 8. The maximum atomic E-state index is 12.9. The number of carbonyl (C=O) groups is 1. The Labute approximate surface area is 227 Å². The minimum absolute atomic E-state index is 0.0229. The van der Waals surface area contributed by atoms with E-state index in [0.717, 1.165) is 16.6 Å². The van der Waals surface area contributed by atoms with Gasteiger partial charge in [-0.15, -0.1) is 10.2 Å². The van der Waals surface area contributed by atoms with Crippen molar-refractivity contribution in [2.24, 2.45) is 0 Å². The molecule has 1 aromatic heterocycles. The van der Waals surface area contributed by atoms with E-state index in [9.17, 15) is 28.1 Å². The summed E-state index contributed by atoms with van der Waals surface area (Å²) in [4.78, 5) is 23.5. The molecule has 0 atom stereocenters. The van der Waals surface area contributed by atoms with E-state index >= 15 is 0 Å². The van der Waals surface area contributed by atoms with Crippen LogP contribution in [-0.2, 0) is 18.5 Å². The zero-order valence-corrected chi connectivity index (χ0v) is 22.1. The monoisotopic (exact) mass is 605 g/mol. The molecule has 4 rings (SSSR count). The molecule has 1 amide bonds. The highest BCUT2D eigenvalue weighted by Crippen LogP contribution is 2.31. The summed E-state index contributed by atoms with van der Waals surface area (Å²) in [5.74, 6) is 0.237. The number of thioether (sulfide) groups is 1. The number of nitro benzene ring substituents is 1. The van der Waals surface area contributed by atoms with E-state index in [0.29, 0.717) is 28.0 Å². The predicted molar refractivity (Wildman–Crippen MR) is 139 cm³/mol. The first kappa shape index (κ1) is 27.3. The van der Waals surface area contributed by atoms with Gasteiger partial charge in [-0.25, -0.2) is 0 Å². The summed E-state index contributed by atoms with van der Waals surface area (Å²) in [6.45, 7) is 1.48. The van der Waals surface area contributed by atoms with Crippen molar-refractivity contribution in [3.63, 3.8) is 0 Å². The van der Waals surface area contributed by atoms with Gasteiger partial charge in [-0.2, -0.15) is 13.2 Å². The number of amides is 1. The third kappa shape index (κ3) is 6.22. The Morgan fingerprint density at radius 1 is 1.08 bits per heavy atom. The number of benzene rings is 3. The molecule has 0 saturated heterocycles. The van der Waals surface area contributed by atoms with Crippen molar-refractivity contribution in [1.82, 2.24) is 20.1 Å². The SMILES string of the molecule is Cc1c(C(=O)NCc2nnc(SCc3ccc(C(F)(F)F)cc3)n2-c2ccc(Br)cc2)cccc1[N+](=O)[O-]. The van der Waals surface area contributed by atoms with Crippen LogP contribution in [0.2, 0.25) is 0 Å². The van der Waals surface area contributed by atoms with Crippen LogP contribution in [0.4, 0.5) is 18.9 Å². The van der Waals surface area contributed by atoms with E-state index in [2.05, 4.69) is 31.4 Å². The molecule has 0 unspecified atom stereocenters. The van der Waals surface area contributed by atoms with Crippen LogP contribution in [0.3, 0.4) is 0 Å². The lowest BCUT2D eigenvalue weighted by Gasteiger charge is -2.12. The van der Waals surface area contributed by atoms with Crippen LogP contribution < -0.4 is 5.32 Å². The normalized spacial score (nSPS) is 11.4. The smallest absolute Gasteiger partial charge is 0.345 e. The summed E-state index contributed by atoms with van der Waals surface area (Å²) in [7, 11) is 0. The molecule has 0 fully saturated rings. The van der Waals surface area contributed by atoms with Crippen molar-refractivity contribution in [2.45, 2.75) is 30.6 Å². The van der Waals surface area contributed by atoms with Gasteiger partial charge in [-0.1, -0.05) is 45.9 Å². The first-order valence-electron chi connectivity index (χ1n) is 11.1. The first-order valence-corrected chi connectivity index (χ1v) is 12.8. The molecule has 0 aliphatic carbocycles. The molecule has 13 heteroatoms. The highest BCUT2D eigenvalue weighted by atomic mass is 79.9. The molecule has 1 heterocycles. The highest BCUT2D eigenvalue weighted by Gasteiger charge is 2.30. The van der Waals surface area contributed by atoms with Crippen molar-refractivity contribution in [2.75, 3.05) is 0 Å². The minimum atomic E-state index is -4.41. The number of nitro groups is 1. The predicted octanol–water partition coefficient (Wildman–Crippen LogP) is 6.49.